The van der Waals surface area contributed by atoms with Gasteiger partial charge < -0.3 is 14.6 Å². The van der Waals surface area contributed by atoms with Crippen molar-refractivity contribution in [2.75, 3.05) is 19.8 Å². The van der Waals surface area contributed by atoms with Crippen molar-refractivity contribution in [3.8, 4) is 0 Å². The zero-order valence-corrected chi connectivity index (χ0v) is 19.9. The lowest BCUT2D eigenvalue weighted by Gasteiger charge is -2.64. The number of nitrogens with zero attached hydrogens (tertiary/aromatic N) is 1. The highest BCUT2D eigenvalue weighted by molar-refractivity contribution is 5.17. The van der Waals surface area contributed by atoms with Gasteiger partial charge in [0.05, 0.1) is 25.4 Å². The Morgan fingerprint density at radius 1 is 1.10 bits per heavy atom. The molecule has 170 valence electrons. The summed E-state index contributed by atoms with van der Waals surface area (Å²) in [4.78, 5) is 6.74. The molecule has 4 unspecified atom stereocenters. The molecule has 30 heavy (non-hydrogen) atoms. The molecule has 2 aliphatic rings. The Labute approximate surface area is 182 Å². The van der Waals surface area contributed by atoms with E-state index in [1.165, 1.54) is 5.56 Å². The van der Waals surface area contributed by atoms with Crippen molar-refractivity contribution < 1.29 is 19.4 Å². The van der Waals surface area contributed by atoms with E-state index in [0.29, 0.717) is 13.2 Å². The normalized spacial score (nSPS) is 41.1. The summed E-state index contributed by atoms with van der Waals surface area (Å²) >= 11 is 0. The number of benzene rings is 1. The molecule has 1 aromatic rings. The van der Waals surface area contributed by atoms with E-state index in [2.05, 4.69) is 70.9 Å². The van der Waals surface area contributed by atoms with Crippen LogP contribution in [0, 0.1) is 11.3 Å². The van der Waals surface area contributed by atoms with Gasteiger partial charge in [0.25, 0.3) is 0 Å². The molecule has 0 bridgehead atoms. The molecule has 4 atom stereocenters. The van der Waals surface area contributed by atoms with E-state index in [4.69, 9.17) is 14.3 Å². The minimum Gasteiger partial charge on any atom is -0.396 e. The Balaban J connectivity index is 1.93. The Hall–Kier alpha value is -0.980. The van der Waals surface area contributed by atoms with Gasteiger partial charge >= 0.3 is 0 Å². The van der Waals surface area contributed by atoms with Gasteiger partial charge in [0.15, 0.2) is 5.79 Å². The molecule has 0 saturated carbocycles. The fraction of sp³-hybridized carbons (Fsp3) is 0.760. The molecular formula is C25H41NO4. The number of hydrogen-bond donors (Lipinski definition) is 1. The van der Waals surface area contributed by atoms with Crippen LogP contribution in [-0.4, -0.2) is 46.9 Å². The number of piperidine rings is 1. The topological polar surface area (TPSA) is 51.2 Å². The number of hydroxylamine groups is 2. The second-order valence-electron chi connectivity index (χ2n) is 10.3. The minimum atomic E-state index is -0.667. The van der Waals surface area contributed by atoms with Gasteiger partial charge in [-0.2, -0.15) is 5.06 Å². The summed E-state index contributed by atoms with van der Waals surface area (Å²) in [6, 6.07) is 10.4. The Kier molecular flexibility index (Phi) is 6.72. The van der Waals surface area contributed by atoms with Crippen LogP contribution in [-0.2, 0) is 14.3 Å². The van der Waals surface area contributed by atoms with E-state index in [9.17, 15) is 5.11 Å². The first-order chi connectivity index (χ1) is 14.1. The van der Waals surface area contributed by atoms with Crippen LogP contribution in [0.3, 0.4) is 0 Å². The lowest BCUT2D eigenvalue weighted by atomic mass is 9.67. The highest BCUT2D eigenvalue weighted by Crippen LogP contribution is 2.54. The van der Waals surface area contributed by atoms with E-state index in [0.717, 1.165) is 19.3 Å². The van der Waals surface area contributed by atoms with Crippen LogP contribution in [0.15, 0.2) is 30.3 Å². The Morgan fingerprint density at radius 3 is 2.20 bits per heavy atom. The fourth-order valence-corrected chi connectivity index (χ4v) is 5.05. The molecule has 1 spiro atoms. The van der Waals surface area contributed by atoms with Crippen molar-refractivity contribution in [1.29, 1.82) is 0 Å². The average molecular weight is 420 g/mol. The summed E-state index contributed by atoms with van der Waals surface area (Å²) < 4.78 is 13.0. The zero-order chi connectivity index (χ0) is 22.2. The number of aliphatic hydroxyl groups is 1. The first-order valence-corrected chi connectivity index (χ1v) is 11.5. The molecule has 2 heterocycles. The summed E-state index contributed by atoms with van der Waals surface area (Å²) in [6.45, 7) is 16.4. The number of aliphatic hydroxyl groups excluding tert-OH is 1. The molecule has 2 aliphatic heterocycles. The third-order valence-electron chi connectivity index (χ3n) is 7.90. The largest absolute Gasteiger partial charge is 0.396 e. The quantitative estimate of drug-likeness (QED) is 0.695. The van der Waals surface area contributed by atoms with Crippen molar-refractivity contribution in [2.45, 2.75) is 90.7 Å². The third-order valence-corrected chi connectivity index (χ3v) is 7.90. The maximum atomic E-state index is 9.76. The van der Waals surface area contributed by atoms with E-state index in [1.807, 2.05) is 13.0 Å². The van der Waals surface area contributed by atoms with Gasteiger partial charge in [0, 0.05) is 23.3 Å². The van der Waals surface area contributed by atoms with E-state index >= 15 is 0 Å². The zero-order valence-electron chi connectivity index (χ0n) is 19.9. The lowest BCUT2D eigenvalue weighted by molar-refractivity contribution is -0.416. The predicted octanol–water partition coefficient (Wildman–Crippen LogP) is 5.10. The van der Waals surface area contributed by atoms with Crippen LogP contribution in [0.25, 0.3) is 0 Å². The molecule has 0 amide bonds. The van der Waals surface area contributed by atoms with Gasteiger partial charge in [-0.25, -0.2) is 0 Å². The predicted molar refractivity (Wildman–Crippen MR) is 119 cm³/mol. The number of ether oxygens (including phenoxy) is 2. The van der Waals surface area contributed by atoms with E-state index in [-0.39, 0.29) is 35.1 Å². The second kappa shape index (κ2) is 8.51. The summed E-state index contributed by atoms with van der Waals surface area (Å²) in [5, 5.41) is 12.0. The van der Waals surface area contributed by atoms with Crippen LogP contribution in [0.2, 0.25) is 0 Å². The second-order valence-corrected chi connectivity index (χ2v) is 10.3. The van der Waals surface area contributed by atoms with Gasteiger partial charge in [0.1, 0.15) is 6.10 Å². The minimum absolute atomic E-state index is 0.0462. The highest BCUT2D eigenvalue weighted by Gasteiger charge is 2.63. The monoisotopic (exact) mass is 419 g/mol. The first kappa shape index (κ1) is 23.7. The van der Waals surface area contributed by atoms with Gasteiger partial charge in [0.2, 0.25) is 0 Å². The van der Waals surface area contributed by atoms with Crippen LogP contribution in [0.5, 0.6) is 0 Å². The smallest absolute Gasteiger partial charge is 0.174 e. The van der Waals surface area contributed by atoms with Crippen molar-refractivity contribution in [3.63, 3.8) is 0 Å². The van der Waals surface area contributed by atoms with Crippen molar-refractivity contribution >= 4 is 0 Å². The van der Waals surface area contributed by atoms with Crippen LogP contribution in [0.4, 0.5) is 0 Å². The molecule has 0 aliphatic carbocycles. The molecule has 2 fully saturated rings. The van der Waals surface area contributed by atoms with Crippen molar-refractivity contribution in [2.24, 2.45) is 11.3 Å². The molecule has 0 radical (unpaired) electrons. The maximum Gasteiger partial charge on any atom is 0.174 e. The van der Waals surface area contributed by atoms with Gasteiger partial charge in [-0.1, -0.05) is 58.0 Å². The fourth-order valence-electron chi connectivity index (χ4n) is 5.05. The summed E-state index contributed by atoms with van der Waals surface area (Å²) in [6.07, 6.45) is 2.52. The molecular weight excluding hydrogens is 378 g/mol. The maximum absolute atomic E-state index is 9.76. The Morgan fingerprint density at radius 2 is 1.70 bits per heavy atom. The molecule has 1 N–H and O–H groups in total. The standard InChI is InChI=1S/C25H41NO4/c1-8-23(6)15-25(28-17-22(5,16-27)18-29-25)20(4)24(7,9-2)26(23)30-19(3)21-13-11-10-12-14-21/h10-14,19-20,27H,8-9,15-18H2,1-7H3. The number of rotatable bonds is 6. The van der Waals surface area contributed by atoms with Crippen LogP contribution in [0.1, 0.15) is 79.4 Å². The molecule has 1 aromatic carbocycles. The van der Waals surface area contributed by atoms with Crippen LogP contribution >= 0.6 is 0 Å². The Bertz CT molecular complexity index is 702. The summed E-state index contributed by atoms with van der Waals surface area (Å²) in [7, 11) is 0. The average Bonchev–Trinajstić information content (AvgIpc) is 2.78. The molecule has 2 saturated heterocycles. The number of hydrogen-bond acceptors (Lipinski definition) is 5. The summed E-state index contributed by atoms with van der Waals surface area (Å²) in [5.74, 6) is -0.569. The van der Waals surface area contributed by atoms with Crippen molar-refractivity contribution in [1.82, 2.24) is 5.06 Å². The van der Waals surface area contributed by atoms with Gasteiger partial charge in [-0.3, -0.25) is 4.84 Å². The SMILES string of the molecule is CCC1(C)CC2(OCC(C)(CO)CO2)C(C)C(C)(CC)N1OC(C)c1ccccc1. The van der Waals surface area contributed by atoms with E-state index in [1.54, 1.807) is 0 Å². The highest BCUT2D eigenvalue weighted by atomic mass is 16.7. The molecule has 3 rings (SSSR count). The van der Waals surface area contributed by atoms with E-state index < -0.39 is 5.79 Å². The van der Waals surface area contributed by atoms with Crippen LogP contribution < -0.4 is 0 Å². The summed E-state index contributed by atoms with van der Waals surface area (Å²) in [5.41, 5.74) is 0.323. The lowest BCUT2D eigenvalue weighted by Crippen LogP contribution is -2.73. The van der Waals surface area contributed by atoms with Gasteiger partial charge in [-0.05, 0) is 39.2 Å². The van der Waals surface area contributed by atoms with Crippen molar-refractivity contribution in [3.05, 3.63) is 35.9 Å². The molecule has 5 nitrogen and oxygen atoms in total. The third kappa shape index (κ3) is 3.95. The van der Waals surface area contributed by atoms with Gasteiger partial charge in [-0.15, -0.1) is 0 Å². The molecule has 0 aromatic heterocycles. The molecule has 5 heteroatoms. The first-order valence-electron chi connectivity index (χ1n) is 11.5.